The van der Waals surface area contributed by atoms with Crippen LogP contribution in [0.3, 0.4) is 0 Å². The molecule has 3 rings (SSSR count). The number of methoxy groups -OCH3 is 2. The maximum Gasteiger partial charge on any atom is 0.204 e. The summed E-state index contributed by atoms with van der Waals surface area (Å²) in [6.45, 7) is 1.93. The van der Waals surface area contributed by atoms with E-state index in [2.05, 4.69) is 30.8 Å². The van der Waals surface area contributed by atoms with Gasteiger partial charge in [-0.2, -0.15) is 0 Å². The number of ether oxygens (including phenoxy) is 2. The van der Waals surface area contributed by atoms with Crippen molar-refractivity contribution in [1.29, 1.82) is 0 Å². The van der Waals surface area contributed by atoms with Crippen molar-refractivity contribution < 1.29 is 9.47 Å². The van der Waals surface area contributed by atoms with Gasteiger partial charge in [-0.3, -0.25) is 0 Å². The lowest BCUT2D eigenvalue weighted by atomic mass is 10.1. The molecule has 0 saturated carbocycles. The Hall–Kier alpha value is -1.69. The highest BCUT2D eigenvalue weighted by Crippen LogP contribution is 2.38. The van der Waals surface area contributed by atoms with Crippen molar-refractivity contribution in [3.63, 3.8) is 0 Å². The maximum absolute atomic E-state index is 5.46. The Labute approximate surface area is 126 Å². The summed E-state index contributed by atoms with van der Waals surface area (Å²) in [5.41, 5.74) is 1.83. The molecule has 0 fully saturated rings. The molecule has 5 nitrogen and oxygen atoms in total. The average Bonchev–Trinajstić information content (AvgIpc) is 2.84. The van der Waals surface area contributed by atoms with Gasteiger partial charge in [-0.15, -0.1) is 0 Å². The lowest BCUT2D eigenvalue weighted by molar-refractivity contribution is 0.395. The Morgan fingerprint density at radius 2 is 2.15 bits per heavy atom. The van der Waals surface area contributed by atoms with E-state index >= 15 is 0 Å². The summed E-state index contributed by atoms with van der Waals surface area (Å²) < 4.78 is 13.8. The van der Waals surface area contributed by atoms with Crippen molar-refractivity contribution >= 4 is 21.9 Å². The third-order valence-corrected chi connectivity index (χ3v) is 4.21. The van der Waals surface area contributed by atoms with Gasteiger partial charge in [0.05, 0.1) is 14.2 Å². The van der Waals surface area contributed by atoms with Crippen LogP contribution in [-0.2, 0) is 6.54 Å². The van der Waals surface area contributed by atoms with Gasteiger partial charge >= 0.3 is 0 Å². The lowest BCUT2D eigenvalue weighted by Gasteiger charge is -2.15. The summed E-state index contributed by atoms with van der Waals surface area (Å²) in [7, 11) is 3.30. The molecule has 6 heteroatoms. The molecule has 106 valence electrons. The van der Waals surface area contributed by atoms with Gasteiger partial charge in [-0.05, 0) is 34.5 Å². The first kappa shape index (κ1) is 13.3. The number of imidazole rings is 1. The largest absolute Gasteiger partial charge is 0.497 e. The zero-order chi connectivity index (χ0) is 14.1. The highest BCUT2D eigenvalue weighted by molar-refractivity contribution is 9.10. The van der Waals surface area contributed by atoms with Crippen LogP contribution in [0.4, 0.5) is 5.95 Å². The number of fused-ring (bicyclic) bond motifs is 1. The number of nitrogens with zero attached hydrogens (tertiary/aromatic N) is 2. The van der Waals surface area contributed by atoms with Crippen LogP contribution in [0.5, 0.6) is 11.5 Å². The number of nitrogens with one attached hydrogen (secondary N) is 1. The van der Waals surface area contributed by atoms with E-state index in [0.29, 0.717) is 0 Å². The van der Waals surface area contributed by atoms with Gasteiger partial charge in [0.15, 0.2) is 0 Å². The van der Waals surface area contributed by atoms with Gasteiger partial charge in [0.2, 0.25) is 5.95 Å². The van der Waals surface area contributed by atoms with Crippen molar-refractivity contribution in [2.75, 3.05) is 26.1 Å². The van der Waals surface area contributed by atoms with Crippen LogP contribution < -0.4 is 14.8 Å². The molecule has 1 aromatic heterocycles. The van der Waals surface area contributed by atoms with Crippen LogP contribution >= 0.6 is 15.9 Å². The minimum Gasteiger partial charge on any atom is -0.497 e. The molecule has 20 heavy (non-hydrogen) atoms. The van der Waals surface area contributed by atoms with Gasteiger partial charge in [0.25, 0.3) is 0 Å². The van der Waals surface area contributed by atoms with Crippen molar-refractivity contribution in [3.05, 3.63) is 22.8 Å². The molecule has 0 radical (unpaired) electrons. The summed E-state index contributed by atoms with van der Waals surface area (Å²) in [5, 5.41) is 3.31. The number of hydrogen-bond acceptors (Lipinski definition) is 4. The summed E-state index contributed by atoms with van der Waals surface area (Å²) in [5.74, 6) is 2.42. The fourth-order valence-electron chi connectivity index (χ4n) is 2.38. The van der Waals surface area contributed by atoms with E-state index in [1.165, 1.54) is 0 Å². The Bertz CT molecular complexity index is 640. The number of aromatic nitrogens is 2. The molecule has 2 aromatic rings. The smallest absolute Gasteiger partial charge is 0.204 e. The second kappa shape index (κ2) is 5.36. The predicted octanol–water partition coefficient (Wildman–Crippen LogP) is 3.15. The van der Waals surface area contributed by atoms with Crippen LogP contribution in [-0.4, -0.2) is 30.3 Å². The fraction of sp³-hybridized carbons (Fsp3) is 0.357. The molecule has 1 aromatic carbocycles. The molecule has 0 saturated heterocycles. The summed E-state index contributed by atoms with van der Waals surface area (Å²) in [4.78, 5) is 4.67. The molecule has 0 bridgehead atoms. The standard InChI is InChI=1S/C14H16BrN3O2/c1-19-9-4-5-10(11(8-9)20-2)12-13(15)18-7-3-6-16-14(18)17-12/h4-5,8H,3,6-7H2,1-2H3,(H,16,17). The average molecular weight is 338 g/mol. The molecular formula is C14H16BrN3O2. The van der Waals surface area contributed by atoms with Crippen molar-refractivity contribution in [1.82, 2.24) is 9.55 Å². The summed E-state index contributed by atoms with van der Waals surface area (Å²) in [6, 6.07) is 5.75. The Morgan fingerprint density at radius 3 is 2.85 bits per heavy atom. The minimum atomic E-state index is 0.750. The van der Waals surface area contributed by atoms with Crippen molar-refractivity contribution in [2.24, 2.45) is 0 Å². The van der Waals surface area contributed by atoms with E-state index in [9.17, 15) is 0 Å². The highest BCUT2D eigenvalue weighted by Gasteiger charge is 2.21. The molecule has 0 spiro atoms. The molecule has 1 aliphatic heterocycles. The van der Waals surface area contributed by atoms with Gasteiger partial charge in [-0.1, -0.05) is 0 Å². The minimum absolute atomic E-state index is 0.750. The van der Waals surface area contributed by atoms with Crippen molar-refractivity contribution in [3.8, 4) is 22.8 Å². The summed E-state index contributed by atoms with van der Waals surface area (Å²) >= 11 is 3.65. The van der Waals surface area contributed by atoms with E-state index in [1.54, 1.807) is 14.2 Å². The topological polar surface area (TPSA) is 48.3 Å². The molecule has 0 unspecified atom stereocenters. The number of rotatable bonds is 3. The molecule has 0 aliphatic carbocycles. The monoisotopic (exact) mass is 337 g/mol. The van der Waals surface area contributed by atoms with Crippen LogP contribution in [0.15, 0.2) is 22.8 Å². The molecule has 1 aliphatic rings. The van der Waals surface area contributed by atoms with E-state index in [-0.39, 0.29) is 0 Å². The Kier molecular flexibility index (Phi) is 3.56. The Balaban J connectivity index is 2.11. The third-order valence-electron chi connectivity index (χ3n) is 3.41. The summed E-state index contributed by atoms with van der Waals surface area (Å²) in [6.07, 6.45) is 1.10. The zero-order valence-corrected chi connectivity index (χ0v) is 13.0. The maximum atomic E-state index is 5.46. The second-order valence-electron chi connectivity index (χ2n) is 4.57. The van der Waals surface area contributed by atoms with Crippen molar-refractivity contribution in [2.45, 2.75) is 13.0 Å². The quantitative estimate of drug-likeness (QED) is 0.934. The van der Waals surface area contributed by atoms with E-state index in [1.807, 2.05) is 18.2 Å². The molecule has 0 atom stereocenters. The number of benzene rings is 1. The third kappa shape index (κ3) is 2.14. The van der Waals surface area contributed by atoms with Gasteiger partial charge < -0.3 is 19.4 Å². The molecular weight excluding hydrogens is 322 g/mol. The lowest BCUT2D eigenvalue weighted by Crippen LogP contribution is -2.17. The van der Waals surface area contributed by atoms with Crippen LogP contribution in [0.2, 0.25) is 0 Å². The van der Waals surface area contributed by atoms with Crippen LogP contribution in [0.1, 0.15) is 6.42 Å². The predicted molar refractivity (Wildman–Crippen MR) is 81.6 cm³/mol. The van der Waals surface area contributed by atoms with Crippen LogP contribution in [0.25, 0.3) is 11.3 Å². The first-order chi connectivity index (χ1) is 9.74. The normalized spacial score (nSPS) is 13.6. The van der Waals surface area contributed by atoms with E-state index in [0.717, 1.165) is 52.8 Å². The molecule has 0 amide bonds. The van der Waals surface area contributed by atoms with Gasteiger partial charge in [0, 0.05) is 24.7 Å². The highest BCUT2D eigenvalue weighted by atomic mass is 79.9. The number of anilines is 1. The molecule has 2 heterocycles. The first-order valence-corrected chi connectivity index (χ1v) is 7.26. The number of halogens is 1. The fourth-order valence-corrected chi connectivity index (χ4v) is 3.02. The van der Waals surface area contributed by atoms with Crippen LogP contribution in [0, 0.1) is 0 Å². The first-order valence-electron chi connectivity index (χ1n) is 6.47. The van der Waals surface area contributed by atoms with Gasteiger partial charge in [0.1, 0.15) is 21.8 Å². The van der Waals surface area contributed by atoms with E-state index in [4.69, 9.17) is 9.47 Å². The zero-order valence-electron chi connectivity index (χ0n) is 11.4. The van der Waals surface area contributed by atoms with E-state index < -0.39 is 0 Å². The second-order valence-corrected chi connectivity index (χ2v) is 5.32. The van der Waals surface area contributed by atoms with Gasteiger partial charge in [-0.25, -0.2) is 4.98 Å². The molecule has 1 N–H and O–H groups in total. The Morgan fingerprint density at radius 1 is 1.30 bits per heavy atom. The SMILES string of the molecule is COc1ccc(-c2nc3n(c2Br)CCCN3)c(OC)c1. The number of hydrogen-bond donors (Lipinski definition) is 1.